The number of nitrogens with one attached hydrogen (secondary N) is 2. The maximum absolute atomic E-state index is 9.59. The van der Waals surface area contributed by atoms with E-state index in [1.165, 1.54) is 5.56 Å². The second kappa shape index (κ2) is 18.4. The summed E-state index contributed by atoms with van der Waals surface area (Å²) in [5.74, 6) is 27.3. The second-order valence-electron chi connectivity index (χ2n) is 5.37. The summed E-state index contributed by atoms with van der Waals surface area (Å²) in [4.78, 5) is 7.50. The molecule has 0 atom stereocenters. The molecule has 4 nitrogen and oxygen atoms in total. The molecule has 0 spiro atoms. The largest absolute Gasteiger partial charge is 0.508 e. The van der Waals surface area contributed by atoms with Crippen molar-refractivity contribution >= 4 is 5.69 Å². The molecule has 2 rings (SSSR count). The van der Waals surface area contributed by atoms with Gasteiger partial charge in [0, 0.05) is 23.5 Å². The highest BCUT2D eigenvalue weighted by Gasteiger charge is 1.98. The third-order valence-corrected chi connectivity index (χ3v) is 3.22. The lowest BCUT2D eigenvalue weighted by Gasteiger charge is -2.08. The number of aryl methyl sites for hydroxylation is 1. The summed E-state index contributed by atoms with van der Waals surface area (Å²) in [7, 11) is 0. The molecular weight excluding hydrogens is 384 g/mol. The van der Waals surface area contributed by atoms with E-state index in [1.54, 1.807) is 13.0 Å². The van der Waals surface area contributed by atoms with Crippen molar-refractivity contribution in [3.05, 3.63) is 64.6 Å². The SMILES string of the molecule is C#CC#CC#CC#CC#CC#CC.Cc1ccc(NCc2ccccc2O)cc1.N=O.[HH].[HH].[HH].[HH]. The number of rotatable bonds is 3. The Kier molecular flexibility index (Phi) is 15.4. The van der Waals surface area contributed by atoms with Crippen molar-refractivity contribution in [1.82, 2.24) is 0 Å². The standard InChI is InChI=1S/C14H15NO.C13H4.HNO.4H2/c1-11-6-8-13(9-7-11)15-10-12-4-2-3-5-14(12)16;1-3-5-7-9-11-13-12-10-8-6-4-2;1-2;;;;/h2-9,15-16H,10H2,1H3;1H,2H3;1H;4*1H. The molecule has 0 aromatic heterocycles. The first-order valence-electron chi connectivity index (χ1n) is 8.82. The zero-order valence-corrected chi connectivity index (χ0v) is 17.3. The van der Waals surface area contributed by atoms with Crippen molar-refractivity contribution < 1.29 is 10.8 Å². The molecule has 0 bridgehead atoms. The summed E-state index contributed by atoms with van der Waals surface area (Å²) in [6.45, 7) is 4.40. The van der Waals surface area contributed by atoms with Gasteiger partial charge in [0.25, 0.3) is 0 Å². The molecular formula is C27H28N2O2. The quantitative estimate of drug-likeness (QED) is 0.474. The van der Waals surface area contributed by atoms with Gasteiger partial charge in [-0.1, -0.05) is 47.4 Å². The first kappa shape index (κ1) is 26.0. The topological polar surface area (TPSA) is 73.2 Å². The van der Waals surface area contributed by atoms with Crippen molar-refractivity contribution in [3.63, 3.8) is 0 Å². The smallest absolute Gasteiger partial charge is 0.120 e. The minimum atomic E-state index is 0. The summed E-state index contributed by atoms with van der Waals surface area (Å²) in [5, 5.41) is 12.9. The molecule has 0 fully saturated rings. The summed E-state index contributed by atoms with van der Waals surface area (Å²) in [6, 6.07) is 15.6. The van der Waals surface area contributed by atoms with Crippen LogP contribution in [0.5, 0.6) is 5.75 Å². The monoisotopic (exact) mass is 412 g/mol. The van der Waals surface area contributed by atoms with Gasteiger partial charge in [-0.3, -0.25) is 0 Å². The van der Waals surface area contributed by atoms with E-state index in [0.717, 1.165) is 11.3 Å². The molecule has 2 aromatic carbocycles. The third-order valence-electron chi connectivity index (χ3n) is 3.22. The van der Waals surface area contributed by atoms with Crippen LogP contribution in [0, 0.1) is 89.0 Å². The van der Waals surface area contributed by atoms with Gasteiger partial charge >= 0.3 is 0 Å². The van der Waals surface area contributed by atoms with Crippen LogP contribution in [0.3, 0.4) is 0 Å². The van der Waals surface area contributed by atoms with Gasteiger partial charge in [0.2, 0.25) is 0 Å². The molecule has 4 heteroatoms. The van der Waals surface area contributed by atoms with Gasteiger partial charge in [-0.2, -0.15) is 4.91 Å². The average molecular weight is 413 g/mol. The van der Waals surface area contributed by atoms with Crippen molar-refractivity contribution in [1.29, 1.82) is 5.59 Å². The first-order valence-corrected chi connectivity index (χ1v) is 8.82. The van der Waals surface area contributed by atoms with E-state index in [1.807, 2.05) is 30.3 Å². The van der Waals surface area contributed by atoms with Crippen molar-refractivity contribution in [2.45, 2.75) is 20.4 Å². The lowest BCUT2D eigenvalue weighted by atomic mass is 10.2. The number of benzene rings is 2. The zero-order chi connectivity index (χ0) is 23.2. The lowest BCUT2D eigenvalue weighted by Crippen LogP contribution is -1.99. The van der Waals surface area contributed by atoms with Gasteiger partial charge in [-0.15, -0.1) is 6.42 Å². The maximum Gasteiger partial charge on any atom is 0.120 e. The molecule has 0 amide bonds. The Morgan fingerprint density at radius 1 is 0.871 bits per heavy atom. The van der Waals surface area contributed by atoms with Crippen LogP contribution < -0.4 is 5.32 Å². The third kappa shape index (κ3) is 13.8. The van der Waals surface area contributed by atoms with Crippen LogP contribution in [-0.2, 0) is 6.54 Å². The van der Waals surface area contributed by atoms with E-state index in [9.17, 15) is 5.11 Å². The molecule has 0 aliphatic rings. The molecule has 0 aliphatic carbocycles. The van der Waals surface area contributed by atoms with Crippen LogP contribution >= 0.6 is 0 Å². The maximum atomic E-state index is 9.59. The molecule has 31 heavy (non-hydrogen) atoms. The predicted octanol–water partition coefficient (Wildman–Crippen LogP) is 5.28. The Morgan fingerprint density at radius 2 is 1.39 bits per heavy atom. The molecule has 0 saturated carbocycles. The molecule has 0 saturated heterocycles. The van der Waals surface area contributed by atoms with Crippen molar-refractivity contribution in [2.24, 2.45) is 0 Å². The number of para-hydroxylation sites is 1. The number of phenolic OH excluding ortho intramolecular Hbond substituents is 1. The normalized spacial score (nSPS) is 6.87. The van der Waals surface area contributed by atoms with Crippen molar-refractivity contribution in [3.8, 4) is 77.3 Å². The predicted molar refractivity (Wildman–Crippen MR) is 135 cm³/mol. The molecule has 158 valence electrons. The molecule has 0 radical (unpaired) electrons. The van der Waals surface area contributed by atoms with E-state index in [-0.39, 0.29) is 5.71 Å². The van der Waals surface area contributed by atoms with Crippen LogP contribution in [0.15, 0.2) is 48.5 Å². The fourth-order valence-corrected chi connectivity index (χ4v) is 1.85. The summed E-state index contributed by atoms with van der Waals surface area (Å²) in [6.07, 6.45) is 4.86. The summed E-state index contributed by atoms with van der Waals surface area (Å²) in [5.41, 5.74) is 7.71. The molecule has 3 N–H and O–H groups in total. The Bertz CT molecular complexity index is 1200. The first-order chi connectivity index (χ1) is 15.2. The Morgan fingerprint density at radius 3 is 1.90 bits per heavy atom. The minimum Gasteiger partial charge on any atom is -0.508 e. The number of hydrogen-bond donors (Lipinski definition) is 3. The van der Waals surface area contributed by atoms with E-state index >= 15 is 0 Å². The van der Waals surface area contributed by atoms with E-state index in [0.29, 0.717) is 12.3 Å². The molecule has 0 unspecified atom stereocenters. The van der Waals surface area contributed by atoms with Crippen LogP contribution in [0.1, 0.15) is 23.8 Å². The Balaban J connectivity index is -0.000000147. The van der Waals surface area contributed by atoms with Gasteiger partial charge in [0.1, 0.15) is 5.75 Å². The Hall–Kier alpha value is -5.00. The van der Waals surface area contributed by atoms with Gasteiger partial charge in [0.15, 0.2) is 0 Å². The van der Waals surface area contributed by atoms with E-state index in [4.69, 9.17) is 11.3 Å². The highest BCUT2D eigenvalue weighted by molar-refractivity contribution is 5.46. The number of anilines is 1. The molecule has 0 heterocycles. The summed E-state index contributed by atoms with van der Waals surface area (Å²) < 4.78 is 0. The summed E-state index contributed by atoms with van der Waals surface area (Å²) >= 11 is 0. The number of hydrogen-bond acceptors (Lipinski definition) is 4. The minimum absolute atomic E-state index is 0. The average Bonchev–Trinajstić information content (AvgIpc) is 2.80. The van der Waals surface area contributed by atoms with Gasteiger partial charge in [-0.25, -0.2) is 0 Å². The molecule has 2 aromatic rings. The van der Waals surface area contributed by atoms with Crippen molar-refractivity contribution in [2.75, 3.05) is 5.32 Å². The van der Waals surface area contributed by atoms with E-state index in [2.05, 4.69) is 95.1 Å². The fourth-order valence-electron chi connectivity index (χ4n) is 1.85. The fraction of sp³-hybridized carbons (Fsp3) is 0.111. The zero-order valence-electron chi connectivity index (χ0n) is 17.3. The number of phenols is 1. The highest BCUT2D eigenvalue weighted by atomic mass is 16.3. The number of terminal acetylenes is 1. The van der Waals surface area contributed by atoms with Gasteiger partial charge in [-0.05, 0) is 91.3 Å². The Labute approximate surface area is 190 Å². The number of aromatic hydroxyl groups is 1. The van der Waals surface area contributed by atoms with Crippen LogP contribution in [0.4, 0.5) is 5.69 Å². The van der Waals surface area contributed by atoms with E-state index < -0.39 is 0 Å². The van der Waals surface area contributed by atoms with Gasteiger partial charge in [0.05, 0.1) is 0 Å². The van der Waals surface area contributed by atoms with Gasteiger partial charge < -0.3 is 10.4 Å². The van der Waals surface area contributed by atoms with Crippen LogP contribution in [0.2, 0.25) is 0 Å². The molecule has 0 aliphatic heterocycles. The van der Waals surface area contributed by atoms with Crippen LogP contribution in [0.25, 0.3) is 0 Å². The highest BCUT2D eigenvalue weighted by Crippen LogP contribution is 2.17. The second-order valence-corrected chi connectivity index (χ2v) is 5.37. The van der Waals surface area contributed by atoms with Crippen LogP contribution in [-0.4, -0.2) is 5.11 Å². The lowest BCUT2D eigenvalue weighted by molar-refractivity contribution is 0.469. The number of nitroso groups, excluding NO2 is 1.